The molecule has 8 heteroatoms. The third-order valence-electron chi connectivity index (χ3n) is 3.94. The second-order valence-corrected chi connectivity index (χ2v) is 6.55. The van der Waals surface area contributed by atoms with Crippen LogP contribution in [0.15, 0.2) is 6.33 Å². The molecule has 0 radical (unpaired) electrons. The van der Waals surface area contributed by atoms with Crippen molar-refractivity contribution in [1.82, 2.24) is 24.1 Å². The van der Waals surface area contributed by atoms with Crippen LogP contribution in [0.5, 0.6) is 0 Å². The van der Waals surface area contributed by atoms with E-state index in [1.807, 2.05) is 7.05 Å². The van der Waals surface area contributed by atoms with Crippen molar-refractivity contribution in [2.24, 2.45) is 7.05 Å². The van der Waals surface area contributed by atoms with E-state index in [1.54, 1.807) is 4.68 Å². The lowest BCUT2D eigenvalue weighted by atomic mass is 9.91. The van der Waals surface area contributed by atoms with Gasteiger partial charge in [0.25, 0.3) is 0 Å². The summed E-state index contributed by atoms with van der Waals surface area (Å²) < 4.78 is 6.04. The molecule has 3 heterocycles. The highest BCUT2D eigenvalue weighted by Gasteiger charge is 2.38. The molecule has 1 fully saturated rings. The van der Waals surface area contributed by atoms with E-state index in [4.69, 9.17) is 0 Å². The molecule has 0 spiro atoms. The zero-order chi connectivity index (χ0) is 15.0. The first-order chi connectivity index (χ1) is 9.99. The molecule has 114 valence electrons. The number of aliphatic hydroxyl groups is 1. The quantitative estimate of drug-likeness (QED) is 0.920. The molecule has 2 aromatic rings. The summed E-state index contributed by atoms with van der Waals surface area (Å²) in [6.07, 6.45) is 2.73. The first-order valence-electron chi connectivity index (χ1n) is 7.15. The molecule has 21 heavy (non-hydrogen) atoms. The fraction of sp³-hybridized carbons (Fsp3) is 0.692. The van der Waals surface area contributed by atoms with E-state index in [0.29, 0.717) is 24.6 Å². The van der Waals surface area contributed by atoms with Crippen LogP contribution in [0.4, 0.5) is 5.13 Å². The summed E-state index contributed by atoms with van der Waals surface area (Å²) >= 11 is 1.44. The smallest absolute Gasteiger partial charge is 0.205 e. The van der Waals surface area contributed by atoms with Crippen molar-refractivity contribution in [3.63, 3.8) is 0 Å². The van der Waals surface area contributed by atoms with E-state index < -0.39 is 5.60 Å². The van der Waals surface area contributed by atoms with Crippen LogP contribution in [0.3, 0.4) is 0 Å². The Morgan fingerprint density at radius 1 is 1.33 bits per heavy atom. The number of rotatable bonds is 3. The first-order valence-corrected chi connectivity index (χ1v) is 7.92. The molecule has 3 rings (SSSR count). The van der Waals surface area contributed by atoms with Crippen LogP contribution in [-0.4, -0.2) is 42.3 Å². The van der Waals surface area contributed by atoms with Crippen LogP contribution in [0, 0.1) is 0 Å². The predicted octanol–water partition coefficient (Wildman–Crippen LogP) is 1.28. The zero-order valence-electron chi connectivity index (χ0n) is 12.5. The Kier molecular flexibility index (Phi) is 3.66. The summed E-state index contributed by atoms with van der Waals surface area (Å²) in [4.78, 5) is 11.0. The van der Waals surface area contributed by atoms with E-state index in [-0.39, 0.29) is 0 Å². The van der Waals surface area contributed by atoms with E-state index in [1.165, 1.54) is 17.9 Å². The topological polar surface area (TPSA) is 80.0 Å². The fourth-order valence-electron chi connectivity index (χ4n) is 2.60. The monoisotopic (exact) mass is 308 g/mol. The predicted molar refractivity (Wildman–Crippen MR) is 80.3 cm³/mol. The largest absolute Gasteiger partial charge is 0.382 e. The number of aryl methyl sites for hydroxylation is 1. The van der Waals surface area contributed by atoms with E-state index >= 15 is 0 Å². The average molecular weight is 308 g/mol. The number of piperidine rings is 1. The molecule has 0 aromatic carbocycles. The highest BCUT2D eigenvalue weighted by atomic mass is 32.1. The first kappa shape index (κ1) is 14.4. The standard InChI is InChI=1S/C13H20N6OS/c1-9(2)10-16-12(21-17-10)19-6-4-13(20,5-7-19)11-14-8-15-18(11)3/h8-9,20H,4-7H2,1-3H3. The molecule has 0 aliphatic carbocycles. The number of aromatic nitrogens is 5. The third-order valence-corrected chi connectivity index (χ3v) is 4.73. The summed E-state index contributed by atoms with van der Waals surface area (Å²) in [5.41, 5.74) is -0.896. The molecular formula is C13H20N6OS. The van der Waals surface area contributed by atoms with Crippen LogP contribution in [0.1, 0.15) is 44.3 Å². The van der Waals surface area contributed by atoms with Crippen LogP contribution in [-0.2, 0) is 12.6 Å². The fourth-order valence-corrected chi connectivity index (χ4v) is 3.46. The SMILES string of the molecule is CC(C)c1nsc(N2CCC(O)(c3ncnn3C)CC2)n1. The lowest BCUT2D eigenvalue weighted by Gasteiger charge is -2.36. The van der Waals surface area contributed by atoms with Crippen molar-refractivity contribution in [3.8, 4) is 0 Å². The summed E-state index contributed by atoms with van der Waals surface area (Å²) in [7, 11) is 1.81. The van der Waals surface area contributed by atoms with E-state index in [2.05, 4.69) is 38.2 Å². The molecule has 1 N–H and O–H groups in total. The van der Waals surface area contributed by atoms with Gasteiger partial charge in [-0.25, -0.2) is 9.97 Å². The zero-order valence-corrected chi connectivity index (χ0v) is 13.3. The van der Waals surface area contributed by atoms with Gasteiger partial charge in [-0.15, -0.1) is 0 Å². The number of nitrogens with zero attached hydrogens (tertiary/aromatic N) is 6. The van der Waals surface area contributed by atoms with Gasteiger partial charge in [-0.3, -0.25) is 4.68 Å². The molecule has 1 aliphatic heterocycles. The van der Waals surface area contributed by atoms with Gasteiger partial charge in [-0.05, 0) is 0 Å². The van der Waals surface area contributed by atoms with Crippen molar-refractivity contribution in [1.29, 1.82) is 0 Å². The van der Waals surface area contributed by atoms with E-state index in [0.717, 1.165) is 24.0 Å². The molecule has 1 saturated heterocycles. The molecule has 0 unspecified atom stereocenters. The van der Waals surface area contributed by atoms with Crippen molar-refractivity contribution < 1.29 is 5.11 Å². The Hall–Kier alpha value is -1.54. The molecule has 0 bridgehead atoms. The van der Waals surface area contributed by atoms with Crippen LogP contribution in [0.25, 0.3) is 0 Å². The number of anilines is 1. The minimum atomic E-state index is -0.896. The summed E-state index contributed by atoms with van der Waals surface area (Å²) in [5, 5.41) is 15.8. The molecule has 0 atom stereocenters. The molecular weight excluding hydrogens is 288 g/mol. The molecule has 0 amide bonds. The second kappa shape index (κ2) is 5.34. The van der Waals surface area contributed by atoms with Gasteiger partial charge in [0.1, 0.15) is 17.8 Å². The van der Waals surface area contributed by atoms with Gasteiger partial charge in [0.2, 0.25) is 5.13 Å². The van der Waals surface area contributed by atoms with Crippen molar-refractivity contribution in [2.45, 2.75) is 38.2 Å². The highest BCUT2D eigenvalue weighted by Crippen LogP contribution is 2.33. The molecule has 2 aromatic heterocycles. The Balaban J connectivity index is 1.71. The van der Waals surface area contributed by atoms with Gasteiger partial charge < -0.3 is 10.0 Å². The Bertz CT molecular complexity index is 614. The van der Waals surface area contributed by atoms with Gasteiger partial charge in [0, 0.05) is 50.4 Å². The molecule has 7 nitrogen and oxygen atoms in total. The second-order valence-electron chi connectivity index (χ2n) is 5.82. The van der Waals surface area contributed by atoms with Gasteiger partial charge in [-0.1, -0.05) is 13.8 Å². The van der Waals surface area contributed by atoms with Gasteiger partial charge in [0.15, 0.2) is 5.82 Å². The lowest BCUT2D eigenvalue weighted by Crippen LogP contribution is -2.44. The van der Waals surface area contributed by atoms with Crippen molar-refractivity contribution in [3.05, 3.63) is 18.0 Å². The Labute approximate surface area is 127 Å². The maximum Gasteiger partial charge on any atom is 0.205 e. The summed E-state index contributed by atoms with van der Waals surface area (Å²) in [5.74, 6) is 1.88. The number of hydrogen-bond acceptors (Lipinski definition) is 7. The van der Waals surface area contributed by atoms with E-state index in [9.17, 15) is 5.11 Å². The van der Waals surface area contributed by atoms with Crippen LogP contribution >= 0.6 is 11.5 Å². The molecule has 1 aliphatic rings. The maximum absolute atomic E-state index is 10.8. The average Bonchev–Trinajstić information content (AvgIpc) is 3.08. The third kappa shape index (κ3) is 2.65. The van der Waals surface area contributed by atoms with Crippen molar-refractivity contribution >= 4 is 16.7 Å². The normalized spacial score (nSPS) is 18.4. The summed E-state index contributed by atoms with van der Waals surface area (Å²) in [6, 6.07) is 0. The summed E-state index contributed by atoms with van der Waals surface area (Å²) in [6.45, 7) is 5.68. The highest BCUT2D eigenvalue weighted by molar-refractivity contribution is 7.09. The Morgan fingerprint density at radius 2 is 2.05 bits per heavy atom. The van der Waals surface area contributed by atoms with Crippen LogP contribution in [0.2, 0.25) is 0 Å². The number of hydrogen-bond donors (Lipinski definition) is 1. The minimum Gasteiger partial charge on any atom is -0.382 e. The van der Waals surface area contributed by atoms with Crippen LogP contribution < -0.4 is 4.90 Å². The maximum atomic E-state index is 10.8. The van der Waals surface area contributed by atoms with Gasteiger partial charge in [0.05, 0.1) is 0 Å². The van der Waals surface area contributed by atoms with Crippen molar-refractivity contribution in [2.75, 3.05) is 18.0 Å². The lowest BCUT2D eigenvalue weighted by molar-refractivity contribution is -0.0000724. The molecule has 0 saturated carbocycles. The Morgan fingerprint density at radius 3 is 2.57 bits per heavy atom. The van der Waals surface area contributed by atoms with Gasteiger partial charge >= 0.3 is 0 Å². The van der Waals surface area contributed by atoms with Gasteiger partial charge in [-0.2, -0.15) is 9.47 Å². The minimum absolute atomic E-state index is 0.343.